The predicted octanol–water partition coefficient (Wildman–Crippen LogP) is -0.00670. The molecule has 0 saturated carbocycles. The highest BCUT2D eigenvalue weighted by molar-refractivity contribution is 7.99. The van der Waals surface area contributed by atoms with E-state index >= 15 is 0 Å². The van der Waals surface area contributed by atoms with E-state index < -0.39 is 7.32 Å². The Balaban J connectivity index is 2.31. The SMILES string of the molecule is OB(O)OC1=CCSCC1. The monoisotopic (exact) mass is 160 g/mol. The third kappa shape index (κ3) is 2.64. The van der Waals surface area contributed by atoms with Crippen molar-refractivity contribution in [2.75, 3.05) is 11.5 Å². The zero-order chi connectivity index (χ0) is 7.40. The van der Waals surface area contributed by atoms with Crippen molar-refractivity contribution in [2.45, 2.75) is 6.42 Å². The second-order valence-corrected chi connectivity index (χ2v) is 3.09. The molecule has 2 N–H and O–H groups in total. The van der Waals surface area contributed by atoms with E-state index in [0.29, 0.717) is 5.76 Å². The molecule has 1 heterocycles. The summed E-state index contributed by atoms with van der Waals surface area (Å²) in [6.07, 6.45) is 2.66. The van der Waals surface area contributed by atoms with E-state index in [4.69, 9.17) is 10.0 Å². The van der Waals surface area contributed by atoms with E-state index in [1.54, 1.807) is 11.8 Å². The van der Waals surface area contributed by atoms with Crippen LogP contribution in [0.25, 0.3) is 0 Å². The van der Waals surface area contributed by atoms with Gasteiger partial charge in [-0.05, 0) is 6.08 Å². The molecule has 5 heteroatoms. The van der Waals surface area contributed by atoms with Crippen molar-refractivity contribution in [1.29, 1.82) is 0 Å². The lowest BCUT2D eigenvalue weighted by molar-refractivity contribution is 0.232. The summed E-state index contributed by atoms with van der Waals surface area (Å²) in [5, 5.41) is 16.8. The Labute approximate surface area is 64.3 Å². The Kier molecular flexibility index (Phi) is 3.11. The van der Waals surface area contributed by atoms with E-state index in [9.17, 15) is 0 Å². The minimum Gasteiger partial charge on any atom is -0.516 e. The average Bonchev–Trinajstić information content (AvgIpc) is 1.88. The third-order valence-corrected chi connectivity index (χ3v) is 2.07. The van der Waals surface area contributed by atoms with Gasteiger partial charge in [0.25, 0.3) is 0 Å². The Morgan fingerprint density at radius 1 is 1.60 bits per heavy atom. The van der Waals surface area contributed by atoms with Gasteiger partial charge >= 0.3 is 7.32 Å². The van der Waals surface area contributed by atoms with E-state index in [1.165, 1.54) is 0 Å². The van der Waals surface area contributed by atoms with Crippen molar-refractivity contribution in [1.82, 2.24) is 0 Å². The summed E-state index contributed by atoms with van der Waals surface area (Å²) < 4.78 is 4.65. The summed E-state index contributed by atoms with van der Waals surface area (Å²) in [7, 11) is -1.66. The van der Waals surface area contributed by atoms with Crippen LogP contribution in [-0.2, 0) is 4.65 Å². The molecule has 0 aromatic carbocycles. The topological polar surface area (TPSA) is 49.7 Å². The van der Waals surface area contributed by atoms with Gasteiger partial charge in [-0.3, -0.25) is 0 Å². The van der Waals surface area contributed by atoms with Crippen molar-refractivity contribution < 1.29 is 14.7 Å². The number of allylic oxidation sites excluding steroid dienone is 1. The maximum atomic E-state index is 8.39. The lowest BCUT2D eigenvalue weighted by atomic mass is 10.2. The van der Waals surface area contributed by atoms with Gasteiger partial charge in [-0.25, -0.2) is 0 Å². The quantitative estimate of drug-likeness (QED) is 0.558. The van der Waals surface area contributed by atoms with E-state index in [1.807, 2.05) is 6.08 Å². The molecule has 0 saturated heterocycles. The molecule has 0 spiro atoms. The zero-order valence-electron chi connectivity index (χ0n) is 5.49. The summed E-state index contributed by atoms with van der Waals surface area (Å²) in [5.41, 5.74) is 0. The molecule has 1 aliphatic rings. The molecular formula is C5H9BO3S. The fourth-order valence-corrected chi connectivity index (χ4v) is 1.57. The van der Waals surface area contributed by atoms with Crippen LogP contribution in [0.3, 0.4) is 0 Å². The predicted molar refractivity (Wildman–Crippen MR) is 41.3 cm³/mol. The summed E-state index contributed by atoms with van der Waals surface area (Å²) in [4.78, 5) is 0. The van der Waals surface area contributed by atoms with Crippen LogP contribution in [-0.4, -0.2) is 28.9 Å². The highest BCUT2D eigenvalue weighted by Gasteiger charge is 2.14. The summed E-state index contributed by atoms with van der Waals surface area (Å²) in [6, 6.07) is 0. The molecule has 0 aromatic rings. The largest absolute Gasteiger partial charge is 0.707 e. The van der Waals surface area contributed by atoms with Gasteiger partial charge in [0.05, 0.1) is 5.76 Å². The van der Waals surface area contributed by atoms with Crippen molar-refractivity contribution in [3.8, 4) is 0 Å². The first-order chi connectivity index (χ1) is 4.79. The normalized spacial score (nSPS) is 18.0. The third-order valence-electron chi connectivity index (χ3n) is 1.18. The highest BCUT2D eigenvalue weighted by Crippen LogP contribution is 2.17. The molecule has 1 aliphatic heterocycles. The minimum atomic E-state index is -1.66. The van der Waals surface area contributed by atoms with Gasteiger partial charge in [0.15, 0.2) is 0 Å². The van der Waals surface area contributed by atoms with Crippen molar-refractivity contribution in [3.63, 3.8) is 0 Å². The smallest absolute Gasteiger partial charge is 0.516 e. The standard InChI is InChI=1S/C5H9BO3S/c7-6(8)9-5-1-3-10-4-2-5/h1,7-8H,2-4H2. The van der Waals surface area contributed by atoms with Crippen LogP contribution in [0.5, 0.6) is 0 Å². The van der Waals surface area contributed by atoms with Crippen LogP contribution < -0.4 is 0 Å². The fraction of sp³-hybridized carbons (Fsp3) is 0.600. The Morgan fingerprint density at radius 2 is 2.40 bits per heavy atom. The fourth-order valence-electron chi connectivity index (χ4n) is 0.752. The number of hydrogen-bond donors (Lipinski definition) is 2. The molecule has 0 unspecified atom stereocenters. The van der Waals surface area contributed by atoms with Gasteiger partial charge in [-0.15, -0.1) is 0 Å². The minimum absolute atomic E-state index is 0.689. The molecule has 0 fully saturated rings. The van der Waals surface area contributed by atoms with Gasteiger partial charge in [0, 0.05) is 17.9 Å². The van der Waals surface area contributed by atoms with Gasteiger partial charge in [0.1, 0.15) is 0 Å². The maximum absolute atomic E-state index is 8.39. The summed E-state index contributed by atoms with van der Waals surface area (Å²) in [6.45, 7) is 0. The van der Waals surface area contributed by atoms with Gasteiger partial charge in [-0.1, -0.05) is 0 Å². The molecular weight excluding hydrogens is 151 g/mol. The summed E-state index contributed by atoms with van der Waals surface area (Å²) in [5.74, 6) is 2.59. The van der Waals surface area contributed by atoms with Crippen LogP contribution in [0.1, 0.15) is 6.42 Å². The van der Waals surface area contributed by atoms with E-state index in [-0.39, 0.29) is 0 Å². The van der Waals surface area contributed by atoms with Crippen molar-refractivity contribution in [2.24, 2.45) is 0 Å². The van der Waals surface area contributed by atoms with E-state index in [0.717, 1.165) is 17.9 Å². The molecule has 1 rings (SSSR count). The van der Waals surface area contributed by atoms with Gasteiger partial charge in [-0.2, -0.15) is 11.8 Å². The molecule has 0 aliphatic carbocycles. The molecule has 3 nitrogen and oxygen atoms in total. The van der Waals surface area contributed by atoms with Crippen LogP contribution in [0.15, 0.2) is 11.8 Å². The first kappa shape index (κ1) is 7.98. The molecule has 0 aromatic heterocycles. The Bertz CT molecular complexity index is 137. The Morgan fingerprint density at radius 3 is 2.90 bits per heavy atom. The maximum Gasteiger partial charge on any atom is 0.707 e. The molecule has 0 bridgehead atoms. The zero-order valence-corrected chi connectivity index (χ0v) is 6.30. The van der Waals surface area contributed by atoms with Gasteiger partial charge < -0.3 is 14.7 Å². The first-order valence-corrected chi connectivity index (χ1v) is 4.24. The van der Waals surface area contributed by atoms with Gasteiger partial charge in [0.2, 0.25) is 0 Å². The average molecular weight is 160 g/mol. The number of hydrogen-bond acceptors (Lipinski definition) is 4. The molecule has 0 radical (unpaired) electrons. The van der Waals surface area contributed by atoms with Crippen LogP contribution in [0, 0.1) is 0 Å². The molecule has 10 heavy (non-hydrogen) atoms. The van der Waals surface area contributed by atoms with Crippen molar-refractivity contribution >= 4 is 19.1 Å². The lowest BCUT2D eigenvalue weighted by Gasteiger charge is -2.12. The molecule has 0 atom stereocenters. The van der Waals surface area contributed by atoms with E-state index in [2.05, 4.69) is 4.65 Å². The highest BCUT2D eigenvalue weighted by atomic mass is 32.2. The molecule has 56 valence electrons. The lowest BCUT2D eigenvalue weighted by Crippen LogP contribution is -2.17. The number of rotatable bonds is 2. The van der Waals surface area contributed by atoms with Crippen LogP contribution in [0.2, 0.25) is 0 Å². The molecule has 0 amide bonds. The first-order valence-electron chi connectivity index (χ1n) is 3.08. The van der Waals surface area contributed by atoms with Crippen LogP contribution in [0.4, 0.5) is 0 Å². The second kappa shape index (κ2) is 3.90. The van der Waals surface area contributed by atoms with Crippen LogP contribution >= 0.6 is 11.8 Å². The summed E-state index contributed by atoms with van der Waals surface area (Å²) >= 11 is 1.81. The van der Waals surface area contributed by atoms with Crippen molar-refractivity contribution in [3.05, 3.63) is 11.8 Å². The Hall–Kier alpha value is -0.125. The second-order valence-electron chi connectivity index (χ2n) is 1.94. The number of thioether (sulfide) groups is 1.